The molecule has 0 spiro atoms. The number of aromatic nitrogens is 4. The molecule has 1 fully saturated rings. The maximum atomic E-state index is 13.7. The minimum absolute atomic E-state index is 0.247. The molecule has 2 aromatic carbocycles. The molecule has 10 nitrogen and oxygen atoms in total. The van der Waals surface area contributed by atoms with Gasteiger partial charge in [-0.2, -0.15) is 10.4 Å². The SMILES string of the molecule is Cc1cc(P)c(C(=O)Nc2cc(CN3CCOCC3)cc(C(C)(C)C#N)c2)cc1C#Cc1cnc2c(Nc3cnn(C)c3)cccn12. The van der Waals surface area contributed by atoms with Gasteiger partial charge in [0, 0.05) is 55.9 Å². The third-order valence-electron chi connectivity index (χ3n) is 8.25. The van der Waals surface area contributed by atoms with Gasteiger partial charge in [0.05, 0.1) is 48.5 Å². The largest absolute Gasteiger partial charge is 0.379 e. The monoisotopic (exact) mass is 644 g/mol. The van der Waals surface area contributed by atoms with E-state index >= 15 is 0 Å². The van der Waals surface area contributed by atoms with Crippen LogP contribution >= 0.6 is 9.24 Å². The molecule has 3 aromatic heterocycles. The zero-order valence-electron chi connectivity index (χ0n) is 27.0. The number of imidazole rings is 1. The van der Waals surface area contributed by atoms with Crippen LogP contribution < -0.4 is 15.9 Å². The molecule has 0 bridgehead atoms. The molecule has 6 rings (SSSR count). The fourth-order valence-corrected chi connectivity index (χ4v) is 6.00. The van der Waals surface area contributed by atoms with Crippen LogP contribution in [0.1, 0.15) is 52.2 Å². The molecular weight excluding hydrogens is 607 g/mol. The van der Waals surface area contributed by atoms with Crippen molar-refractivity contribution in [1.82, 2.24) is 24.1 Å². The highest BCUT2D eigenvalue weighted by Crippen LogP contribution is 2.28. The molecule has 1 amide bonds. The van der Waals surface area contributed by atoms with Crippen molar-refractivity contribution in [2.75, 3.05) is 36.9 Å². The van der Waals surface area contributed by atoms with Crippen molar-refractivity contribution in [2.45, 2.75) is 32.7 Å². The third-order valence-corrected chi connectivity index (χ3v) is 8.73. The fraction of sp³-hybridized carbons (Fsp3) is 0.278. The molecular formula is C36H37N8O2P. The van der Waals surface area contributed by atoms with Crippen LogP contribution in [0.2, 0.25) is 0 Å². The number of nitrogens with one attached hydrogen (secondary N) is 2. The molecule has 4 heterocycles. The number of carbonyl (C=O) groups is 1. The Morgan fingerprint density at radius 3 is 2.66 bits per heavy atom. The Hall–Kier alpha value is -4.99. The topological polar surface area (TPSA) is 113 Å². The van der Waals surface area contributed by atoms with Gasteiger partial charge < -0.3 is 15.4 Å². The van der Waals surface area contributed by atoms with E-state index in [2.05, 4.69) is 58.8 Å². The zero-order chi connectivity index (χ0) is 33.1. The van der Waals surface area contributed by atoms with Crippen molar-refractivity contribution in [3.8, 4) is 17.9 Å². The molecule has 0 radical (unpaired) electrons. The predicted octanol–water partition coefficient (Wildman–Crippen LogP) is 4.91. The predicted molar refractivity (Wildman–Crippen MR) is 187 cm³/mol. The Bertz CT molecular complexity index is 2070. The van der Waals surface area contributed by atoms with E-state index in [1.165, 1.54) is 0 Å². The number of pyridine rings is 1. The smallest absolute Gasteiger partial charge is 0.256 e. The van der Waals surface area contributed by atoms with Gasteiger partial charge in [-0.1, -0.05) is 18.1 Å². The second kappa shape index (κ2) is 13.4. The summed E-state index contributed by atoms with van der Waals surface area (Å²) in [5, 5.41) is 21.3. The van der Waals surface area contributed by atoms with Crippen molar-refractivity contribution in [3.63, 3.8) is 0 Å². The Labute approximate surface area is 277 Å². The van der Waals surface area contributed by atoms with Gasteiger partial charge in [-0.15, -0.1) is 9.24 Å². The summed E-state index contributed by atoms with van der Waals surface area (Å²) in [6.45, 7) is 9.56. The normalized spacial score (nSPS) is 13.5. The number of amides is 1. The molecule has 5 aromatic rings. The number of ether oxygens (including phenoxy) is 1. The first kappa shape index (κ1) is 32.0. The van der Waals surface area contributed by atoms with Gasteiger partial charge in [-0.05, 0) is 79.0 Å². The van der Waals surface area contributed by atoms with Gasteiger partial charge in [0.25, 0.3) is 5.91 Å². The number of rotatable bonds is 7. The standard InChI is InChI=1S/C36H37N8O2P/c1-24-14-33(47)31(35(45)41-28-16-25(21-43-10-12-46-13-11-43)15-27(18-28)36(2,3)23-37)17-26(24)7-8-30-20-38-34-32(6-5-9-44(30)34)40-29-19-39-42(4)22-29/h5-6,9,14-20,22,40H,10-13,21,47H2,1-4H3,(H,41,45). The van der Waals surface area contributed by atoms with Gasteiger partial charge in [0.15, 0.2) is 5.65 Å². The summed E-state index contributed by atoms with van der Waals surface area (Å²) in [5.41, 5.74) is 7.20. The van der Waals surface area contributed by atoms with Gasteiger partial charge >= 0.3 is 0 Å². The second-order valence-electron chi connectivity index (χ2n) is 12.3. The first-order valence-corrected chi connectivity index (χ1v) is 16.0. The van der Waals surface area contributed by atoms with Crippen LogP contribution in [0.5, 0.6) is 0 Å². The summed E-state index contributed by atoms with van der Waals surface area (Å²) < 4.78 is 9.18. The van der Waals surface area contributed by atoms with Crippen LogP contribution in [0.15, 0.2) is 67.3 Å². The number of anilines is 3. The second-order valence-corrected chi connectivity index (χ2v) is 12.9. The average molecular weight is 645 g/mol. The number of fused-ring (bicyclic) bond motifs is 1. The van der Waals surface area contributed by atoms with Crippen molar-refractivity contribution in [1.29, 1.82) is 5.26 Å². The van der Waals surface area contributed by atoms with E-state index in [0.29, 0.717) is 31.0 Å². The number of nitrogens with zero attached hydrogens (tertiary/aromatic N) is 6. The summed E-state index contributed by atoms with van der Waals surface area (Å²) in [4.78, 5) is 20.7. The first-order chi connectivity index (χ1) is 22.6. The average Bonchev–Trinajstić information content (AvgIpc) is 3.67. The van der Waals surface area contributed by atoms with Crippen LogP contribution in [0, 0.1) is 30.1 Å². The summed E-state index contributed by atoms with van der Waals surface area (Å²) >= 11 is 0. The molecule has 47 heavy (non-hydrogen) atoms. The highest BCUT2D eigenvalue weighted by molar-refractivity contribution is 7.27. The maximum absolute atomic E-state index is 13.7. The van der Waals surface area contributed by atoms with Crippen LogP contribution in [0.4, 0.5) is 17.1 Å². The Morgan fingerprint density at radius 1 is 1.11 bits per heavy atom. The summed E-state index contributed by atoms with van der Waals surface area (Å²) in [7, 11) is 4.54. The lowest BCUT2D eigenvalue weighted by Crippen LogP contribution is -2.35. The minimum atomic E-state index is -0.716. The van der Waals surface area contributed by atoms with Crippen LogP contribution in [-0.4, -0.2) is 56.3 Å². The quantitative estimate of drug-likeness (QED) is 0.191. The molecule has 238 valence electrons. The van der Waals surface area contributed by atoms with E-state index in [-0.39, 0.29) is 5.91 Å². The molecule has 0 saturated carbocycles. The molecule has 11 heteroatoms. The molecule has 1 unspecified atom stereocenters. The van der Waals surface area contributed by atoms with E-state index in [1.807, 2.05) is 81.0 Å². The Kier molecular flexibility index (Phi) is 9.11. The summed E-state index contributed by atoms with van der Waals surface area (Å²) in [6, 6.07) is 16.0. The highest BCUT2D eigenvalue weighted by Gasteiger charge is 2.23. The lowest BCUT2D eigenvalue weighted by Gasteiger charge is -2.27. The molecule has 1 saturated heterocycles. The number of carbonyl (C=O) groups excluding carboxylic acids is 1. The molecule has 0 aliphatic carbocycles. The van der Waals surface area contributed by atoms with Crippen molar-refractivity contribution in [2.24, 2.45) is 7.05 Å². The molecule has 1 aliphatic rings. The highest BCUT2D eigenvalue weighted by atomic mass is 31.0. The third kappa shape index (κ3) is 7.21. The molecule has 1 aliphatic heterocycles. The molecule has 2 N–H and O–H groups in total. The molecule has 1 atom stereocenters. The van der Waals surface area contributed by atoms with E-state index in [9.17, 15) is 10.1 Å². The lowest BCUT2D eigenvalue weighted by molar-refractivity contribution is 0.0342. The van der Waals surface area contributed by atoms with E-state index in [4.69, 9.17) is 4.74 Å². The number of benzene rings is 2. The Morgan fingerprint density at radius 2 is 1.91 bits per heavy atom. The number of aryl methyl sites for hydroxylation is 2. The summed E-state index contributed by atoms with van der Waals surface area (Å²) in [6.07, 6.45) is 7.32. The zero-order valence-corrected chi connectivity index (χ0v) is 28.1. The van der Waals surface area contributed by atoms with Crippen LogP contribution in [0.25, 0.3) is 5.65 Å². The van der Waals surface area contributed by atoms with Gasteiger partial charge in [-0.25, -0.2) is 4.98 Å². The number of hydrogen-bond donors (Lipinski definition) is 2. The van der Waals surface area contributed by atoms with Gasteiger partial charge in [0.1, 0.15) is 5.69 Å². The number of nitriles is 1. The van der Waals surface area contributed by atoms with Crippen molar-refractivity contribution >= 4 is 43.2 Å². The first-order valence-electron chi connectivity index (χ1n) is 15.4. The van der Waals surface area contributed by atoms with Gasteiger partial charge in [0.2, 0.25) is 0 Å². The van der Waals surface area contributed by atoms with Gasteiger partial charge in [-0.3, -0.25) is 18.8 Å². The number of morpholine rings is 1. The summed E-state index contributed by atoms with van der Waals surface area (Å²) in [5.74, 6) is 6.28. The lowest BCUT2D eigenvalue weighted by atomic mass is 9.85. The van der Waals surface area contributed by atoms with E-state index < -0.39 is 5.41 Å². The maximum Gasteiger partial charge on any atom is 0.256 e. The van der Waals surface area contributed by atoms with Crippen LogP contribution in [-0.2, 0) is 23.7 Å². The fourth-order valence-electron chi connectivity index (χ4n) is 5.53. The van der Waals surface area contributed by atoms with E-state index in [1.54, 1.807) is 17.1 Å². The van der Waals surface area contributed by atoms with Crippen molar-refractivity contribution in [3.05, 3.63) is 101 Å². The minimum Gasteiger partial charge on any atom is -0.379 e. The van der Waals surface area contributed by atoms with E-state index in [0.717, 1.165) is 63.4 Å². The Balaban J connectivity index is 1.27. The number of hydrogen-bond acceptors (Lipinski definition) is 7. The van der Waals surface area contributed by atoms with Crippen LogP contribution in [0.3, 0.4) is 0 Å². The van der Waals surface area contributed by atoms with Crippen molar-refractivity contribution < 1.29 is 9.53 Å².